The van der Waals surface area contributed by atoms with Crippen molar-refractivity contribution in [3.8, 4) is 0 Å². The lowest BCUT2D eigenvalue weighted by atomic mass is 10.0. The van der Waals surface area contributed by atoms with E-state index >= 15 is 0 Å². The normalized spacial score (nSPS) is 12.6. The van der Waals surface area contributed by atoms with Crippen LogP contribution >= 0.6 is 0 Å². The van der Waals surface area contributed by atoms with Gasteiger partial charge in [0.05, 0.1) is 25.4 Å². The zero-order valence-corrected chi connectivity index (χ0v) is 65.4. The minimum Gasteiger partial charge on any atom is -0.466 e. The first-order valence-corrected chi connectivity index (χ1v) is 44.3. The molecule has 2 unspecified atom stereocenters. The summed E-state index contributed by atoms with van der Waals surface area (Å²) in [5.41, 5.74) is 0. The number of unbranched alkanes of at least 4 members (excludes halogenated alkanes) is 69. The molecule has 0 saturated heterocycles. The van der Waals surface area contributed by atoms with Gasteiger partial charge in [0.2, 0.25) is 5.91 Å². The van der Waals surface area contributed by atoms with Crippen molar-refractivity contribution in [1.29, 1.82) is 0 Å². The second kappa shape index (κ2) is 85.5. The molecule has 0 rings (SSSR count). The predicted octanol–water partition coefficient (Wildman–Crippen LogP) is 29.7. The van der Waals surface area contributed by atoms with Gasteiger partial charge < -0.3 is 20.3 Å². The lowest BCUT2D eigenvalue weighted by Gasteiger charge is -2.20. The van der Waals surface area contributed by atoms with Crippen LogP contribution in [0.15, 0.2) is 36.5 Å². The van der Waals surface area contributed by atoms with E-state index in [-0.39, 0.29) is 18.5 Å². The van der Waals surface area contributed by atoms with Gasteiger partial charge in [-0.05, 0) is 64.2 Å². The highest BCUT2D eigenvalue weighted by Crippen LogP contribution is 2.21. The lowest BCUT2D eigenvalue weighted by Crippen LogP contribution is -2.45. The Balaban J connectivity index is 3.36. The number of esters is 1. The van der Waals surface area contributed by atoms with Crippen LogP contribution in [0.3, 0.4) is 0 Å². The Kier molecular flexibility index (Phi) is 83.8. The van der Waals surface area contributed by atoms with E-state index in [1.165, 1.54) is 430 Å². The minimum atomic E-state index is -0.844. The van der Waals surface area contributed by atoms with E-state index in [2.05, 4.69) is 43.5 Å². The molecule has 0 bridgehead atoms. The molecule has 0 aliphatic rings. The average Bonchev–Trinajstić information content (AvgIpc) is 3.00. The van der Waals surface area contributed by atoms with Crippen molar-refractivity contribution in [1.82, 2.24) is 5.32 Å². The third kappa shape index (κ3) is 81.0. The molecule has 0 saturated carbocycles. The highest BCUT2D eigenvalue weighted by molar-refractivity contribution is 5.76. The standard InChI is InChI=1S/C90H173NO5/c1-3-5-7-9-11-13-15-17-19-21-22-23-41-44-47-51-54-58-62-66-70-74-78-82-88(93)87(86-92)91-89(94)83-79-75-71-67-63-59-55-52-48-45-42-39-37-35-33-31-29-27-25-24-26-28-30-32-34-36-38-40-43-46-49-53-57-61-65-69-73-77-81-85-96-90(95)84-80-76-72-68-64-60-56-50-20-18-16-14-12-10-8-6-4-2/h24-25,28,30,78,82,87-88,92-93H,3-23,26-27,29,31-77,79-81,83-86H2,1-2H3,(H,91,94)/b25-24-,30-28-,82-78+. The molecule has 3 N–H and O–H groups in total. The van der Waals surface area contributed by atoms with Crippen molar-refractivity contribution in [2.45, 2.75) is 514 Å². The number of aliphatic hydroxyl groups is 2. The van der Waals surface area contributed by atoms with Gasteiger partial charge in [0.25, 0.3) is 0 Å². The van der Waals surface area contributed by atoms with Gasteiger partial charge in [-0.2, -0.15) is 0 Å². The number of amides is 1. The summed E-state index contributed by atoms with van der Waals surface area (Å²) in [5, 5.41) is 23.3. The van der Waals surface area contributed by atoms with E-state index in [9.17, 15) is 19.8 Å². The molecule has 6 heteroatoms. The van der Waals surface area contributed by atoms with Gasteiger partial charge in [-0.3, -0.25) is 9.59 Å². The maximum atomic E-state index is 12.6. The summed E-state index contributed by atoms with van der Waals surface area (Å²) >= 11 is 0. The summed E-state index contributed by atoms with van der Waals surface area (Å²) in [7, 11) is 0. The van der Waals surface area contributed by atoms with Crippen LogP contribution in [0.4, 0.5) is 0 Å². The van der Waals surface area contributed by atoms with E-state index in [0.29, 0.717) is 19.4 Å². The van der Waals surface area contributed by atoms with Crippen LogP contribution in [0.25, 0.3) is 0 Å². The Labute approximate surface area is 602 Å². The molecule has 0 radical (unpaired) electrons. The van der Waals surface area contributed by atoms with Crippen LogP contribution in [0.5, 0.6) is 0 Å². The first-order valence-electron chi connectivity index (χ1n) is 44.3. The topological polar surface area (TPSA) is 95.9 Å². The molecule has 2 atom stereocenters. The van der Waals surface area contributed by atoms with E-state index in [0.717, 1.165) is 44.9 Å². The van der Waals surface area contributed by atoms with Crippen molar-refractivity contribution in [2.24, 2.45) is 0 Å². The van der Waals surface area contributed by atoms with Gasteiger partial charge in [-0.1, -0.05) is 461 Å². The van der Waals surface area contributed by atoms with Crippen molar-refractivity contribution < 1.29 is 24.5 Å². The van der Waals surface area contributed by atoms with Crippen molar-refractivity contribution in [3.63, 3.8) is 0 Å². The van der Waals surface area contributed by atoms with Crippen LogP contribution in [0.1, 0.15) is 502 Å². The maximum Gasteiger partial charge on any atom is 0.305 e. The van der Waals surface area contributed by atoms with Crippen LogP contribution in [-0.2, 0) is 14.3 Å². The largest absolute Gasteiger partial charge is 0.466 e. The number of nitrogens with one attached hydrogen (secondary N) is 1. The number of allylic oxidation sites excluding steroid dienone is 5. The number of rotatable bonds is 84. The fourth-order valence-electron chi connectivity index (χ4n) is 14.2. The Morgan fingerprint density at radius 2 is 0.521 bits per heavy atom. The molecular formula is C90H173NO5. The van der Waals surface area contributed by atoms with Gasteiger partial charge in [0.1, 0.15) is 0 Å². The molecule has 0 aliphatic carbocycles. The van der Waals surface area contributed by atoms with Crippen molar-refractivity contribution >= 4 is 11.9 Å². The lowest BCUT2D eigenvalue weighted by molar-refractivity contribution is -0.143. The van der Waals surface area contributed by atoms with Gasteiger partial charge in [-0.15, -0.1) is 0 Å². The fraction of sp³-hybridized carbons (Fsp3) is 0.911. The van der Waals surface area contributed by atoms with E-state index in [4.69, 9.17) is 4.74 Å². The molecule has 0 aromatic rings. The highest BCUT2D eigenvalue weighted by atomic mass is 16.5. The summed E-state index contributed by atoms with van der Waals surface area (Å²) in [5.74, 6) is -0.0344. The second-order valence-corrected chi connectivity index (χ2v) is 30.6. The predicted molar refractivity (Wildman–Crippen MR) is 426 cm³/mol. The maximum absolute atomic E-state index is 12.6. The molecule has 568 valence electrons. The van der Waals surface area contributed by atoms with E-state index in [1.807, 2.05) is 6.08 Å². The van der Waals surface area contributed by atoms with Crippen molar-refractivity contribution in [3.05, 3.63) is 36.5 Å². The molecular weight excluding hydrogens is 1170 g/mol. The minimum absolute atomic E-state index is 0.0252. The number of aliphatic hydroxyl groups excluding tert-OH is 2. The second-order valence-electron chi connectivity index (χ2n) is 30.6. The monoisotopic (exact) mass is 1350 g/mol. The first kappa shape index (κ1) is 94.1. The number of carbonyl (C=O) groups is 2. The quantitative estimate of drug-likeness (QED) is 0.0320. The summed E-state index contributed by atoms with van der Waals surface area (Å²) in [6.45, 7) is 4.97. The van der Waals surface area contributed by atoms with Gasteiger partial charge in [0, 0.05) is 12.8 Å². The Morgan fingerprint density at radius 3 is 0.792 bits per heavy atom. The highest BCUT2D eigenvalue weighted by Gasteiger charge is 2.18. The zero-order valence-electron chi connectivity index (χ0n) is 65.4. The molecule has 0 aromatic heterocycles. The molecule has 0 fully saturated rings. The Bertz CT molecular complexity index is 1560. The smallest absolute Gasteiger partial charge is 0.305 e. The molecule has 96 heavy (non-hydrogen) atoms. The molecule has 6 nitrogen and oxygen atoms in total. The third-order valence-corrected chi connectivity index (χ3v) is 20.9. The Hall–Kier alpha value is -1.92. The molecule has 0 heterocycles. The van der Waals surface area contributed by atoms with Crippen LogP contribution in [0.2, 0.25) is 0 Å². The zero-order chi connectivity index (χ0) is 69.1. The number of hydrogen-bond donors (Lipinski definition) is 3. The molecule has 0 aliphatic heterocycles. The third-order valence-electron chi connectivity index (χ3n) is 20.9. The Morgan fingerprint density at radius 1 is 0.292 bits per heavy atom. The first-order chi connectivity index (χ1) is 47.5. The summed E-state index contributed by atoms with van der Waals surface area (Å²) in [6, 6.07) is -0.627. The van der Waals surface area contributed by atoms with E-state index in [1.54, 1.807) is 6.08 Å². The molecule has 0 spiro atoms. The van der Waals surface area contributed by atoms with Crippen molar-refractivity contribution in [2.75, 3.05) is 13.2 Å². The number of ether oxygens (including phenoxy) is 1. The van der Waals surface area contributed by atoms with Crippen LogP contribution in [-0.4, -0.2) is 47.4 Å². The molecule has 0 aromatic carbocycles. The van der Waals surface area contributed by atoms with Crippen LogP contribution in [0, 0.1) is 0 Å². The van der Waals surface area contributed by atoms with E-state index < -0.39 is 12.1 Å². The summed E-state index contributed by atoms with van der Waals surface area (Å²) in [4.78, 5) is 24.7. The summed E-state index contributed by atoms with van der Waals surface area (Å²) in [6.07, 6.45) is 113. The number of carbonyl (C=O) groups excluding carboxylic acids is 2. The fourth-order valence-corrected chi connectivity index (χ4v) is 14.2. The summed E-state index contributed by atoms with van der Waals surface area (Å²) < 4.78 is 5.52. The molecule has 1 amide bonds. The van der Waals surface area contributed by atoms with Gasteiger partial charge in [-0.25, -0.2) is 0 Å². The van der Waals surface area contributed by atoms with Gasteiger partial charge >= 0.3 is 5.97 Å². The van der Waals surface area contributed by atoms with Crippen LogP contribution < -0.4 is 5.32 Å². The SMILES string of the molecule is CCCCCCCCCCCCCCCCCCCCCCC/C=C/C(O)C(CO)NC(=O)CCCCCCCCCCCCCCCCCCC/C=C\C/C=C\CCCCCCCCCCCCCCCCCOC(=O)CCCCCCCCCCCCCCCCCCC. The average molecular weight is 1350 g/mol. The van der Waals surface area contributed by atoms with Gasteiger partial charge in [0.15, 0.2) is 0 Å². The number of hydrogen-bond acceptors (Lipinski definition) is 5.